The second kappa shape index (κ2) is 5.32. The molecule has 0 aliphatic heterocycles. The van der Waals surface area contributed by atoms with Crippen LogP contribution in [0.5, 0.6) is 0 Å². The van der Waals surface area contributed by atoms with Crippen LogP contribution in [0.15, 0.2) is 30.3 Å². The molecular weight excluding hydrogens is 258 g/mol. The van der Waals surface area contributed by atoms with E-state index in [0.29, 0.717) is 16.9 Å². The van der Waals surface area contributed by atoms with E-state index >= 15 is 0 Å². The monoisotopic (exact) mass is 275 g/mol. The fourth-order valence-electron chi connectivity index (χ4n) is 1.89. The summed E-state index contributed by atoms with van der Waals surface area (Å²) < 4.78 is 0. The molecule has 0 bridgehead atoms. The Morgan fingerprint density at radius 1 is 1.32 bits per heavy atom. The minimum atomic E-state index is -0.461. The highest BCUT2D eigenvalue weighted by Gasteiger charge is 2.13. The third-order valence-corrected chi connectivity index (χ3v) is 4.05. The van der Waals surface area contributed by atoms with Crippen molar-refractivity contribution in [2.24, 2.45) is 5.73 Å². The molecule has 1 amide bonds. The maximum absolute atomic E-state index is 11.4. The van der Waals surface area contributed by atoms with E-state index in [2.05, 4.69) is 24.4 Å². The van der Waals surface area contributed by atoms with Crippen LogP contribution < -0.4 is 16.8 Å². The number of nitrogens with one attached hydrogen (secondary N) is 1. The molecular formula is C14H17N3OS. The molecule has 2 rings (SSSR count). The van der Waals surface area contributed by atoms with Crippen LogP contribution in [0.2, 0.25) is 0 Å². The first-order valence-electron chi connectivity index (χ1n) is 5.99. The Hall–Kier alpha value is -2.01. The van der Waals surface area contributed by atoms with Crippen molar-refractivity contribution in [1.29, 1.82) is 0 Å². The van der Waals surface area contributed by atoms with Crippen LogP contribution in [0.25, 0.3) is 0 Å². The molecule has 1 atom stereocenters. The molecule has 1 aromatic carbocycles. The standard InChI is InChI=1S/C14H17N3OS/c1-8-3-6-13(19-8)9(2)17-12-7-10(15)4-5-11(12)14(16)18/h3-7,9,17H,15H2,1-2H3,(H2,16,18). The molecule has 0 radical (unpaired) electrons. The highest BCUT2D eigenvalue weighted by Crippen LogP contribution is 2.28. The number of carbonyl (C=O) groups is 1. The van der Waals surface area contributed by atoms with Gasteiger partial charge in [-0.25, -0.2) is 0 Å². The number of amides is 1. The molecule has 2 aromatic rings. The molecule has 0 fully saturated rings. The number of aryl methyl sites for hydroxylation is 1. The summed E-state index contributed by atoms with van der Waals surface area (Å²) in [6.45, 7) is 4.11. The molecule has 1 aromatic heterocycles. The second-order valence-corrected chi connectivity index (χ2v) is 5.80. The minimum Gasteiger partial charge on any atom is -0.399 e. The molecule has 1 unspecified atom stereocenters. The molecule has 19 heavy (non-hydrogen) atoms. The van der Waals surface area contributed by atoms with Crippen molar-refractivity contribution < 1.29 is 4.79 Å². The molecule has 0 saturated heterocycles. The van der Waals surface area contributed by atoms with Crippen LogP contribution in [0.1, 0.15) is 33.1 Å². The Labute approximate surface area is 116 Å². The van der Waals surface area contributed by atoms with Crippen LogP contribution in [-0.4, -0.2) is 5.91 Å². The lowest BCUT2D eigenvalue weighted by Crippen LogP contribution is -2.16. The fourth-order valence-corrected chi connectivity index (χ4v) is 2.77. The smallest absolute Gasteiger partial charge is 0.250 e. The Morgan fingerprint density at radius 3 is 2.63 bits per heavy atom. The quantitative estimate of drug-likeness (QED) is 0.750. The van der Waals surface area contributed by atoms with Gasteiger partial charge in [0, 0.05) is 21.1 Å². The first kappa shape index (κ1) is 13.4. The maximum atomic E-state index is 11.4. The van der Waals surface area contributed by atoms with E-state index in [-0.39, 0.29) is 6.04 Å². The van der Waals surface area contributed by atoms with Gasteiger partial charge in [-0.1, -0.05) is 0 Å². The van der Waals surface area contributed by atoms with Crippen LogP contribution in [0, 0.1) is 6.92 Å². The topological polar surface area (TPSA) is 81.1 Å². The molecule has 1 heterocycles. The number of nitrogen functional groups attached to an aromatic ring is 1. The third-order valence-electron chi connectivity index (χ3n) is 2.87. The number of nitrogens with two attached hydrogens (primary N) is 2. The minimum absolute atomic E-state index is 0.0959. The lowest BCUT2D eigenvalue weighted by atomic mass is 10.1. The largest absolute Gasteiger partial charge is 0.399 e. The van der Waals surface area contributed by atoms with E-state index in [4.69, 9.17) is 11.5 Å². The Morgan fingerprint density at radius 2 is 2.05 bits per heavy atom. The summed E-state index contributed by atoms with van der Waals surface area (Å²) in [6, 6.07) is 9.30. The number of anilines is 2. The average molecular weight is 275 g/mol. The predicted octanol–water partition coefficient (Wildman–Crippen LogP) is 2.91. The molecule has 5 heteroatoms. The van der Waals surface area contributed by atoms with E-state index < -0.39 is 5.91 Å². The van der Waals surface area contributed by atoms with Crippen molar-refractivity contribution in [1.82, 2.24) is 0 Å². The highest BCUT2D eigenvalue weighted by atomic mass is 32.1. The van der Waals surface area contributed by atoms with Gasteiger partial charge in [0.15, 0.2) is 0 Å². The summed E-state index contributed by atoms with van der Waals surface area (Å²) in [7, 11) is 0. The van der Waals surface area contributed by atoms with Gasteiger partial charge in [0.05, 0.1) is 11.6 Å². The summed E-state index contributed by atoms with van der Waals surface area (Å²) in [5.74, 6) is -0.461. The molecule has 0 aliphatic rings. The number of primary amides is 1. The molecule has 5 N–H and O–H groups in total. The fraction of sp³-hybridized carbons (Fsp3) is 0.214. The number of thiophene rings is 1. The zero-order chi connectivity index (χ0) is 14.0. The van der Waals surface area contributed by atoms with Crippen LogP contribution >= 0.6 is 11.3 Å². The number of hydrogen-bond acceptors (Lipinski definition) is 4. The van der Waals surface area contributed by atoms with Crippen LogP contribution in [0.3, 0.4) is 0 Å². The zero-order valence-corrected chi connectivity index (χ0v) is 11.8. The van der Waals surface area contributed by atoms with E-state index in [1.165, 1.54) is 9.75 Å². The Balaban J connectivity index is 2.27. The predicted molar refractivity (Wildman–Crippen MR) is 80.5 cm³/mol. The number of rotatable bonds is 4. The summed E-state index contributed by atoms with van der Waals surface area (Å²) in [5.41, 5.74) is 12.8. The van der Waals surface area contributed by atoms with Crippen molar-refractivity contribution in [2.45, 2.75) is 19.9 Å². The first-order chi connectivity index (χ1) is 8.97. The van der Waals surface area contributed by atoms with Gasteiger partial charge in [0.2, 0.25) is 0 Å². The van der Waals surface area contributed by atoms with Crippen molar-refractivity contribution >= 4 is 28.6 Å². The summed E-state index contributed by atoms with van der Waals surface area (Å²) in [6.07, 6.45) is 0. The molecule has 4 nitrogen and oxygen atoms in total. The summed E-state index contributed by atoms with van der Waals surface area (Å²) in [4.78, 5) is 13.9. The molecule has 0 saturated carbocycles. The van der Waals surface area contributed by atoms with E-state index in [0.717, 1.165) is 0 Å². The summed E-state index contributed by atoms with van der Waals surface area (Å²) in [5, 5.41) is 3.29. The lowest BCUT2D eigenvalue weighted by molar-refractivity contribution is 0.100. The average Bonchev–Trinajstić information content (AvgIpc) is 2.75. The van der Waals surface area contributed by atoms with E-state index in [1.807, 2.05) is 6.92 Å². The Kier molecular flexibility index (Phi) is 3.76. The van der Waals surface area contributed by atoms with Gasteiger partial charge < -0.3 is 16.8 Å². The van der Waals surface area contributed by atoms with Gasteiger partial charge in [0.1, 0.15) is 0 Å². The van der Waals surface area contributed by atoms with Gasteiger partial charge in [-0.05, 0) is 44.2 Å². The lowest BCUT2D eigenvalue weighted by Gasteiger charge is -2.16. The van der Waals surface area contributed by atoms with Crippen molar-refractivity contribution in [3.8, 4) is 0 Å². The van der Waals surface area contributed by atoms with Crippen LogP contribution in [0.4, 0.5) is 11.4 Å². The number of carbonyl (C=O) groups excluding carboxylic acids is 1. The highest BCUT2D eigenvalue weighted by molar-refractivity contribution is 7.12. The van der Waals surface area contributed by atoms with Crippen LogP contribution in [-0.2, 0) is 0 Å². The van der Waals surface area contributed by atoms with Gasteiger partial charge in [-0.2, -0.15) is 0 Å². The van der Waals surface area contributed by atoms with Crippen molar-refractivity contribution in [2.75, 3.05) is 11.1 Å². The maximum Gasteiger partial charge on any atom is 0.250 e. The normalized spacial score (nSPS) is 12.1. The molecule has 0 aliphatic carbocycles. The van der Waals surface area contributed by atoms with Crippen molar-refractivity contribution in [3.05, 3.63) is 45.6 Å². The van der Waals surface area contributed by atoms with Gasteiger partial charge in [0.25, 0.3) is 5.91 Å². The van der Waals surface area contributed by atoms with Gasteiger partial charge in [-0.15, -0.1) is 11.3 Å². The summed E-state index contributed by atoms with van der Waals surface area (Å²) >= 11 is 1.72. The van der Waals surface area contributed by atoms with E-state index in [1.54, 1.807) is 29.5 Å². The molecule has 100 valence electrons. The van der Waals surface area contributed by atoms with Gasteiger partial charge >= 0.3 is 0 Å². The third kappa shape index (κ3) is 3.06. The number of benzene rings is 1. The second-order valence-electron chi connectivity index (χ2n) is 4.48. The SMILES string of the molecule is Cc1ccc(C(C)Nc2cc(N)ccc2C(N)=O)s1. The zero-order valence-electron chi connectivity index (χ0n) is 10.9. The molecule has 0 spiro atoms. The Bertz CT molecular complexity index is 606. The van der Waals surface area contributed by atoms with E-state index in [9.17, 15) is 4.79 Å². The van der Waals surface area contributed by atoms with Gasteiger partial charge in [-0.3, -0.25) is 4.79 Å². The van der Waals surface area contributed by atoms with Crippen molar-refractivity contribution in [3.63, 3.8) is 0 Å². The first-order valence-corrected chi connectivity index (χ1v) is 6.81. The number of hydrogen-bond donors (Lipinski definition) is 3.